The summed E-state index contributed by atoms with van der Waals surface area (Å²) in [5.74, 6) is 0.00654. The molecule has 0 aromatic carbocycles. The summed E-state index contributed by atoms with van der Waals surface area (Å²) in [6.07, 6.45) is 7.46. The van der Waals surface area contributed by atoms with Gasteiger partial charge in [0.05, 0.1) is 0 Å². The van der Waals surface area contributed by atoms with Crippen LogP contribution in [0.1, 0.15) is 58.8 Å². The van der Waals surface area contributed by atoms with E-state index >= 15 is 0 Å². The third kappa shape index (κ3) is 2.93. The molecule has 0 bridgehead atoms. The molecule has 0 spiro atoms. The summed E-state index contributed by atoms with van der Waals surface area (Å²) in [7, 11) is 0. The molecule has 2 aliphatic rings. The second-order valence-electron chi connectivity index (χ2n) is 6.39. The molecule has 3 heteroatoms. The Morgan fingerprint density at radius 1 is 1.22 bits per heavy atom. The number of allylic oxidation sites excluding steroid dienone is 2. The molecule has 0 radical (unpaired) electrons. The molecular formula is C15H22N2O. The first-order valence-electron chi connectivity index (χ1n) is 6.95. The smallest absolute Gasteiger partial charge is 0.175 e. The number of nitrogens with zero attached hydrogens (tertiary/aromatic N) is 1. The van der Waals surface area contributed by atoms with Gasteiger partial charge in [0.2, 0.25) is 0 Å². The first kappa shape index (κ1) is 13.1. The lowest BCUT2D eigenvalue weighted by molar-refractivity contribution is -0.117. The van der Waals surface area contributed by atoms with Crippen molar-refractivity contribution in [2.45, 2.75) is 64.8 Å². The van der Waals surface area contributed by atoms with E-state index in [1.807, 2.05) is 0 Å². The number of nitrogens with one attached hydrogen (secondary N) is 1. The third-order valence-corrected chi connectivity index (χ3v) is 3.97. The Bertz CT molecular complexity index is 409. The van der Waals surface area contributed by atoms with Crippen LogP contribution in [0.15, 0.2) is 11.3 Å². The summed E-state index contributed by atoms with van der Waals surface area (Å²) >= 11 is 0. The van der Waals surface area contributed by atoms with E-state index in [1.54, 1.807) is 0 Å². The van der Waals surface area contributed by atoms with Gasteiger partial charge in [-0.05, 0) is 24.7 Å². The van der Waals surface area contributed by atoms with Crippen LogP contribution in [0.25, 0.3) is 0 Å². The molecule has 0 aromatic rings. The summed E-state index contributed by atoms with van der Waals surface area (Å²) < 4.78 is 0. The van der Waals surface area contributed by atoms with E-state index in [4.69, 9.17) is 5.26 Å². The Balaban J connectivity index is 2.16. The largest absolute Gasteiger partial charge is 0.384 e. The first-order chi connectivity index (χ1) is 8.52. The van der Waals surface area contributed by atoms with E-state index in [1.165, 1.54) is 19.3 Å². The zero-order valence-electron chi connectivity index (χ0n) is 11.4. The summed E-state index contributed by atoms with van der Waals surface area (Å²) in [5, 5.41) is 12.6. The van der Waals surface area contributed by atoms with Crippen molar-refractivity contribution in [2.24, 2.45) is 5.41 Å². The minimum atomic E-state index is -0.0194. The van der Waals surface area contributed by atoms with Gasteiger partial charge in [-0.15, -0.1) is 0 Å². The summed E-state index contributed by atoms with van der Waals surface area (Å²) in [5.41, 5.74) is 1.25. The monoisotopic (exact) mass is 246 g/mol. The lowest BCUT2D eigenvalue weighted by Crippen LogP contribution is -2.37. The number of rotatable bonds is 2. The third-order valence-electron chi connectivity index (χ3n) is 3.97. The molecule has 2 aliphatic carbocycles. The quantitative estimate of drug-likeness (QED) is 0.814. The maximum Gasteiger partial charge on any atom is 0.175 e. The Hall–Kier alpha value is -1.30. The molecule has 0 aromatic heterocycles. The van der Waals surface area contributed by atoms with Crippen LogP contribution in [0.4, 0.5) is 0 Å². The normalized spacial score (nSPS) is 24.8. The molecular weight excluding hydrogens is 224 g/mol. The minimum absolute atomic E-state index is 0.00654. The van der Waals surface area contributed by atoms with Crippen LogP contribution in [0, 0.1) is 16.7 Å². The topological polar surface area (TPSA) is 52.9 Å². The van der Waals surface area contributed by atoms with Crippen molar-refractivity contribution in [3.8, 4) is 6.07 Å². The van der Waals surface area contributed by atoms with Crippen LogP contribution in [0.5, 0.6) is 0 Å². The van der Waals surface area contributed by atoms with Gasteiger partial charge >= 0.3 is 0 Å². The molecule has 1 saturated carbocycles. The minimum Gasteiger partial charge on any atom is -0.384 e. The highest BCUT2D eigenvalue weighted by molar-refractivity contribution is 6.01. The predicted molar refractivity (Wildman–Crippen MR) is 70.7 cm³/mol. The molecule has 0 saturated heterocycles. The molecule has 18 heavy (non-hydrogen) atoms. The maximum atomic E-state index is 12.0. The Morgan fingerprint density at radius 3 is 2.50 bits per heavy atom. The van der Waals surface area contributed by atoms with Gasteiger partial charge < -0.3 is 5.32 Å². The number of ketones is 1. The van der Waals surface area contributed by atoms with Crippen molar-refractivity contribution in [3.05, 3.63) is 11.3 Å². The standard InChI is InChI=1S/C15H22N2O/c1-15(2)8-13(12(10-16)14(18)9-15)17-11-6-4-3-5-7-11/h11,17H,3-9H2,1-2H3. The second-order valence-corrected chi connectivity index (χ2v) is 6.39. The van der Waals surface area contributed by atoms with Gasteiger partial charge in [-0.3, -0.25) is 4.79 Å². The lowest BCUT2D eigenvalue weighted by atomic mass is 9.75. The molecule has 1 N–H and O–H groups in total. The highest BCUT2D eigenvalue weighted by atomic mass is 16.1. The number of carbonyl (C=O) groups excluding carboxylic acids is 1. The van der Waals surface area contributed by atoms with Crippen LogP contribution in [-0.2, 0) is 4.79 Å². The van der Waals surface area contributed by atoms with Crippen LogP contribution in [0.3, 0.4) is 0 Å². The van der Waals surface area contributed by atoms with Crippen molar-refractivity contribution in [1.29, 1.82) is 5.26 Å². The Labute approximate surface area is 109 Å². The fourth-order valence-electron chi connectivity index (χ4n) is 3.07. The van der Waals surface area contributed by atoms with Gasteiger partial charge in [0.15, 0.2) is 5.78 Å². The van der Waals surface area contributed by atoms with E-state index in [0.717, 1.165) is 25.0 Å². The van der Waals surface area contributed by atoms with Gasteiger partial charge in [0.25, 0.3) is 0 Å². The average Bonchev–Trinajstić information content (AvgIpc) is 2.28. The van der Waals surface area contributed by atoms with Crippen molar-refractivity contribution >= 4 is 5.78 Å². The predicted octanol–water partition coefficient (Wildman–Crippen LogP) is 3.08. The Kier molecular flexibility index (Phi) is 3.75. The average molecular weight is 246 g/mol. The summed E-state index contributed by atoms with van der Waals surface area (Å²) in [4.78, 5) is 12.0. The fraction of sp³-hybridized carbons (Fsp3) is 0.733. The second kappa shape index (κ2) is 5.14. The number of hydrogen-bond donors (Lipinski definition) is 1. The van der Waals surface area contributed by atoms with E-state index in [0.29, 0.717) is 18.0 Å². The molecule has 0 heterocycles. The van der Waals surface area contributed by atoms with Gasteiger partial charge in [-0.25, -0.2) is 0 Å². The maximum absolute atomic E-state index is 12.0. The van der Waals surface area contributed by atoms with E-state index in [-0.39, 0.29) is 11.2 Å². The Morgan fingerprint density at radius 2 is 1.89 bits per heavy atom. The van der Waals surface area contributed by atoms with Crippen LogP contribution in [-0.4, -0.2) is 11.8 Å². The van der Waals surface area contributed by atoms with Crippen LogP contribution >= 0.6 is 0 Å². The molecule has 0 amide bonds. The van der Waals surface area contributed by atoms with Gasteiger partial charge in [0, 0.05) is 18.2 Å². The first-order valence-corrected chi connectivity index (χ1v) is 6.95. The van der Waals surface area contributed by atoms with Crippen LogP contribution < -0.4 is 5.32 Å². The molecule has 1 fully saturated rings. The molecule has 0 unspecified atom stereocenters. The highest BCUT2D eigenvalue weighted by Gasteiger charge is 2.33. The molecule has 2 rings (SSSR count). The summed E-state index contributed by atoms with van der Waals surface area (Å²) in [6, 6.07) is 2.56. The SMILES string of the molecule is CC1(C)CC(=O)C(C#N)=C(NC2CCCCC2)C1. The van der Waals surface area contributed by atoms with Crippen molar-refractivity contribution < 1.29 is 4.79 Å². The number of carbonyl (C=O) groups is 1. The van der Waals surface area contributed by atoms with Gasteiger partial charge in [-0.2, -0.15) is 5.26 Å². The highest BCUT2D eigenvalue weighted by Crippen LogP contribution is 2.36. The molecule has 98 valence electrons. The van der Waals surface area contributed by atoms with Crippen molar-refractivity contribution in [1.82, 2.24) is 5.32 Å². The number of hydrogen-bond acceptors (Lipinski definition) is 3. The van der Waals surface area contributed by atoms with E-state index in [2.05, 4.69) is 25.2 Å². The molecule has 3 nitrogen and oxygen atoms in total. The molecule has 0 atom stereocenters. The van der Waals surface area contributed by atoms with Gasteiger partial charge in [0.1, 0.15) is 11.6 Å². The van der Waals surface area contributed by atoms with Crippen LogP contribution in [0.2, 0.25) is 0 Å². The fourth-order valence-corrected chi connectivity index (χ4v) is 3.07. The van der Waals surface area contributed by atoms with Gasteiger partial charge in [-0.1, -0.05) is 33.1 Å². The number of Topliss-reactive ketones (excluding diaryl/α,β-unsaturated/α-hetero) is 1. The molecule has 0 aliphatic heterocycles. The summed E-state index contributed by atoms with van der Waals surface area (Å²) in [6.45, 7) is 4.20. The zero-order valence-corrected chi connectivity index (χ0v) is 11.4. The number of nitriles is 1. The lowest BCUT2D eigenvalue weighted by Gasteiger charge is -2.34. The van der Waals surface area contributed by atoms with E-state index < -0.39 is 0 Å². The van der Waals surface area contributed by atoms with E-state index in [9.17, 15) is 4.79 Å². The van der Waals surface area contributed by atoms with Crippen molar-refractivity contribution in [3.63, 3.8) is 0 Å². The van der Waals surface area contributed by atoms with Crippen molar-refractivity contribution in [2.75, 3.05) is 0 Å². The zero-order chi connectivity index (χ0) is 13.2.